The van der Waals surface area contributed by atoms with Crippen LogP contribution in [0.3, 0.4) is 0 Å². The van der Waals surface area contributed by atoms with Crippen molar-refractivity contribution in [1.29, 1.82) is 0 Å². The number of aromatic nitrogens is 1. The number of thiazole rings is 1. The highest BCUT2D eigenvalue weighted by Gasteiger charge is 2.24. The van der Waals surface area contributed by atoms with E-state index in [1.54, 1.807) is 5.38 Å². The summed E-state index contributed by atoms with van der Waals surface area (Å²) in [5, 5.41) is 1.67. The van der Waals surface area contributed by atoms with Gasteiger partial charge >= 0.3 is 0 Å². The van der Waals surface area contributed by atoms with Crippen LogP contribution in [0.1, 0.15) is 20.3 Å². The number of rotatable bonds is 5. The molecule has 0 saturated heterocycles. The van der Waals surface area contributed by atoms with E-state index in [1.807, 2.05) is 13.8 Å². The SMILES string of the molecule is CCCN(CC)S(=O)(=O)c1nccs1. The van der Waals surface area contributed by atoms with E-state index in [0.29, 0.717) is 13.1 Å². The van der Waals surface area contributed by atoms with E-state index in [1.165, 1.54) is 10.5 Å². The highest BCUT2D eigenvalue weighted by molar-refractivity contribution is 7.91. The molecule has 4 nitrogen and oxygen atoms in total. The zero-order chi connectivity index (χ0) is 10.6. The van der Waals surface area contributed by atoms with E-state index in [9.17, 15) is 8.42 Å². The maximum absolute atomic E-state index is 11.9. The van der Waals surface area contributed by atoms with Crippen LogP contribution < -0.4 is 0 Å². The van der Waals surface area contributed by atoms with Gasteiger partial charge < -0.3 is 0 Å². The summed E-state index contributed by atoms with van der Waals surface area (Å²) >= 11 is 1.16. The van der Waals surface area contributed by atoms with Gasteiger partial charge in [0.1, 0.15) is 0 Å². The Morgan fingerprint density at radius 2 is 2.21 bits per heavy atom. The van der Waals surface area contributed by atoms with E-state index in [0.717, 1.165) is 17.8 Å². The number of nitrogens with zero attached hydrogens (tertiary/aromatic N) is 2. The van der Waals surface area contributed by atoms with Crippen molar-refractivity contribution in [2.45, 2.75) is 24.6 Å². The van der Waals surface area contributed by atoms with Gasteiger partial charge in [-0.1, -0.05) is 13.8 Å². The second-order valence-electron chi connectivity index (χ2n) is 2.79. The van der Waals surface area contributed by atoms with Gasteiger partial charge in [0.2, 0.25) is 4.34 Å². The number of hydrogen-bond donors (Lipinski definition) is 0. The van der Waals surface area contributed by atoms with Crippen molar-refractivity contribution in [3.8, 4) is 0 Å². The van der Waals surface area contributed by atoms with E-state index in [4.69, 9.17) is 0 Å². The zero-order valence-corrected chi connectivity index (χ0v) is 9.94. The van der Waals surface area contributed by atoms with Crippen LogP contribution in [0, 0.1) is 0 Å². The van der Waals surface area contributed by atoms with Crippen LogP contribution in [0.2, 0.25) is 0 Å². The summed E-state index contributed by atoms with van der Waals surface area (Å²) in [4.78, 5) is 3.83. The lowest BCUT2D eigenvalue weighted by Crippen LogP contribution is -2.31. The molecule has 0 aliphatic heterocycles. The Balaban J connectivity index is 2.94. The minimum atomic E-state index is -3.33. The lowest BCUT2D eigenvalue weighted by atomic mass is 10.5. The van der Waals surface area contributed by atoms with Crippen molar-refractivity contribution < 1.29 is 8.42 Å². The molecule has 0 aliphatic carbocycles. The predicted octanol–water partition coefficient (Wildman–Crippen LogP) is 1.56. The van der Waals surface area contributed by atoms with Crippen LogP contribution in [0.4, 0.5) is 0 Å². The molecule has 6 heteroatoms. The van der Waals surface area contributed by atoms with Gasteiger partial charge in [-0.05, 0) is 6.42 Å². The Morgan fingerprint density at radius 1 is 1.50 bits per heavy atom. The molecule has 14 heavy (non-hydrogen) atoms. The van der Waals surface area contributed by atoms with Crippen molar-refractivity contribution in [2.75, 3.05) is 13.1 Å². The lowest BCUT2D eigenvalue weighted by molar-refractivity contribution is 0.427. The molecule has 1 aromatic rings. The molecule has 0 atom stereocenters. The standard InChI is InChI=1S/C8H14N2O2S2/c1-3-6-10(4-2)14(11,12)8-9-5-7-13-8/h5,7H,3-4,6H2,1-2H3. The lowest BCUT2D eigenvalue weighted by Gasteiger charge is -2.17. The van der Waals surface area contributed by atoms with Crippen LogP contribution in [-0.2, 0) is 10.0 Å². The van der Waals surface area contributed by atoms with Crippen molar-refractivity contribution in [3.05, 3.63) is 11.6 Å². The zero-order valence-electron chi connectivity index (χ0n) is 8.30. The van der Waals surface area contributed by atoms with Crippen LogP contribution >= 0.6 is 11.3 Å². The largest absolute Gasteiger partial charge is 0.270 e. The van der Waals surface area contributed by atoms with E-state index < -0.39 is 10.0 Å². The van der Waals surface area contributed by atoms with Gasteiger partial charge in [-0.25, -0.2) is 13.4 Å². The van der Waals surface area contributed by atoms with Crippen LogP contribution in [0.25, 0.3) is 0 Å². The molecule has 0 saturated carbocycles. The first-order valence-corrected chi connectivity index (χ1v) is 6.84. The van der Waals surface area contributed by atoms with Gasteiger partial charge in [0, 0.05) is 24.7 Å². The first-order valence-electron chi connectivity index (χ1n) is 4.52. The van der Waals surface area contributed by atoms with Gasteiger partial charge in [0.25, 0.3) is 10.0 Å². The quantitative estimate of drug-likeness (QED) is 0.777. The highest BCUT2D eigenvalue weighted by Crippen LogP contribution is 2.17. The third kappa shape index (κ3) is 2.31. The molecule has 0 amide bonds. The molecule has 80 valence electrons. The maximum atomic E-state index is 11.9. The summed E-state index contributed by atoms with van der Waals surface area (Å²) in [5.74, 6) is 0. The average Bonchev–Trinajstić information content (AvgIpc) is 2.66. The molecule has 0 aromatic carbocycles. The molecular weight excluding hydrogens is 220 g/mol. The van der Waals surface area contributed by atoms with Crippen molar-refractivity contribution in [3.63, 3.8) is 0 Å². The fraction of sp³-hybridized carbons (Fsp3) is 0.625. The first-order chi connectivity index (χ1) is 6.62. The highest BCUT2D eigenvalue weighted by atomic mass is 32.2. The van der Waals surface area contributed by atoms with E-state index in [-0.39, 0.29) is 4.34 Å². The Hall–Kier alpha value is -0.460. The summed E-state index contributed by atoms with van der Waals surface area (Å²) < 4.78 is 25.4. The van der Waals surface area contributed by atoms with Crippen LogP contribution in [-0.4, -0.2) is 30.8 Å². The predicted molar refractivity (Wildman–Crippen MR) is 56.8 cm³/mol. The van der Waals surface area contributed by atoms with Crippen LogP contribution in [0.5, 0.6) is 0 Å². The molecule has 0 fully saturated rings. The topological polar surface area (TPSA) is 50.3 Å². The molecule has 0 bridgehead atoms. The second-order valence-corrected chi connectivity index (χ2v) is 5.80. The first kappa shape index (κ1) is 11.6. The van der Waals surface area contributed by atoms with Crippen molar-refractivity contribution >= 4 is 21.4 Å². The summed E-state index contributed by atoms with van der Waals surface area (Å²) in [7, 11) is -3.33. The van der Waals surface area contributed by atoms with Gasteiger partial charge in [0.15, 0.2) is 0 Å². The third-order valence-electron chi connectivity index (χ3n) is 1.80. The molecule has 0 N–H and O–H groups in total. The third-order valence-corrected chi connectivity index (χ3v) is 4.95. The minimum absolute atomic E-state index is 0.188. The van der Waals surface area contributed by atoms with E-state index in [2.05, 4.69) is 4.98 Å². The second kappa shape index (κ2) is 4.86. The summed E-state index contributed by atoms with van der Waals surface area (Å²) in [6.45, 7) is 4.84. The normalized spacial score (nSPS) is 12.2. The summed E-state index contributed by atoms with van der Waals surface area (Å²) in [6.07, 6.45) is 2.33. The Morgan fingerprint density at radius 3 is 2.64 bits per heavy atom. The molecule has 0 unspecified atom stereocenters. The molecule has 1 aromatic heterocycles. The van der Waals surface area contributed by atoms with Crippen molar-refractivity contribution in [2.24, 2.45) is 0 Å². The molecule has 0 aliphatic rings. The molecule has 1 rings (SSSR count). The Kier molecular flexibility index (Phi) is 4.03. The fourth-order valence-electron chi connectivity index (χ4n) is 1.15. The monoisotopic (exact) mass is 234 g/mol. The van der Waals surface area contributed by atoms with E-state index >= 15 is 0 Å². The minimum Gasteiger partial charge on any atom is -0.233 e. The van der Waals surface area contributed by atoms with Crippen LogP contribution in [0.15, 0.2) is 15.9 Å². The summed E-state index contributed by atoms with van der Waals surface area (Å²) in [6, 6.07) is 0. The number of hydrogen-bond acceptors (Lipinski definition) is 4. The molecular formula is C8H14N2O2S2. The van der Waals surface area contributed by atoms with Gasteiger partial charge in [-0.15, -0.1) is 11.3 Å². The van der Waals surface area contributed by atoms with Gasteiger partial charge in [0.05, 0.1) is 0 Å². The molecule has 1 heterocycles. The molecule has 0 radical (unpaired) electrons. The van der Waals surface area contributed by atoms with Crippen molar-refractivity contribution in [1.82, 2.24) is 9.29 Å². The maximum Gasteiger partial charge on any atom is 0.270 e. The average molecular weight is 234 g/mol. The molecule has 0 spiro atoms. The summed E-state index contributed by atoms with van der Waals surface area (Å²) in [5.41, 5.74) is 0. The van der Waals surface area contributed by atoms with Gasteiger partial charge in [-0.2, -0.15) is 4.31 Å². The smallest absolute Gasteiger partial charge is 0.233 e. The fourth-order valence-corrected chi connectivity index (χ4v) is 3.65. The van der Waals surface area contributed by atoms with Gasteiger partial charge in [-0.3, -0.25) is 0 Å². The Labute approximate surface area is 88.6 Å². The number of sulfonamides is 1. The Bertz CT molecular complexity index is 359.